The Labute approximate surface area is 161 Å². The fourth-order valence-electron chi connectivity index (χ4n) is 5.83. The summed E-state index contributed by atoms with van der Waals surface area (Å²) in [5, 5.41) is 0. The van der Waals surface area contributed by atoms with Crippen LogP contribution in [-0.4, -0.2) is 30.3 Å². The second kappa shape index (κ2) is 6.49. The van der Waals surface area contributed by atoms with Crippen LogP contribution in [-0.2, 0) is 23.2 Å². The van der Waals surface area contributed by atoms with Crippen molar-refractivity contribution in [2.45, 2.75) is 50.2 Å². The Morgan fingerprint density at radius 3 is 2.89 bits per heavy atom. The van der Waals surface area contributed by atoms with Crippen molar-refractivity contribution in [2.24, 2.45) is 5.92 Å². The number of ketones is 1. The van der Waals surface area contributed by atoms with Gasteiger partial charge in [-0.25, -0.2) is 0 Å². The average molecular weight is 361 g/mol. The van der Waals surface area contributed by atoms with Crippen molar-refractivity contribution in [2.75, 3.05) is 13.6 Å². The van der Waals surface area contributed by atoms with Gasteiger partial charge in [0.25, 0.3) is 0 Å². The molecule has 1 saturated carbocycles. The minimum atomic E-state index is 0.0339. The van der Waals surface area contributed by atoms with Crippen molar-refractivity contribution in [3.63, 3.8) is 0 Å². The highest BCUT2D eigenvalue weighted by atomic mass is 16.5. The maximum Gasteiger partial charge on any atom is 0.133 e. The lowest BCUT2D eigenvalue weighted by molar-refractivity contribution is -0.126. The molecule has 2 bridgehead atoms. The number of Topliss-reactive ketones (excluding diaryl/α,β-unsaturated/α-hetero) is 1. The number of likely N-dealkylation sites (N-methyl/N-ethyl adjacent to an activating group) is 1. The highest BCUT2D eigenvalue weighted by Gasteiger charge is 2.54. The topological polar surface area (TPSA) is 29.5 Å². The van der Waals surface area contributed by atoms with Crippen LogP contribution in [0, 0.1) is 5.92 Å². The summed E-state index contributed by atoms with van der Waals surface area (Å²) >= 11 is 0. The summed E-state index contributed by atoms with van der Waals surface area (Å²) < 4.78 is 6.12. The maximum atomic E-state index is 12.5. The first kappa shape index (κ1) is 17.0. The molecule has 0 spiro atoms. The van der Waals surface area contributed by atoms with E-state index in [2.05, 4.69) is 42.3 Å². The Kier molecular flexibility index (Phi) is 4.08. The van der Waals surface area contributed by atoms with Crippen LogP contribution in [0.5, 0.6) is 5.75 Å². The molecule has 2 aromatic carbocycles. The normalized spacial score (nSPS) is 29.7. The Morgan fingerprint density at radius 2 is 2.04 bits per heavy atom. The number of benzene rings is 2. The van der Waals surface area contributed by atoms with Crippen molar-refractivity contribution >= 4 is 5.78 Å². The third-order valence-electron chi connectivity index (χ3n) is 7.19. The van der Waals surface area contributed by atoms with Gasteiger partial charge in [-0.05, 0) is 67.6 Å². The lowest BCUT2D eigenvalue weighted by Crippen LogP contribution is -2.60. The van der Waals surface area contributed by atoms with Crippen LogP contribution in [0.4, 0.5) is 0 Å². The van der Waals surface area contributed by atoms with Gasteiger partial charge in [0.1, 0.15) is 18.1 Å². The van der Waals surface area contributed by atoms with E-state index in [4.69, 9.17) is 4.74 Å². The third kappa shape index (κ3) is 2.80. The van der Waals surface area contributed by atoms with Gasteiger partial charge in [0, 0.05) is 24.3 Å². The van der Waals surface area contributed by atoms with Crippen molar-refractivity contribution in [3.8, 4) is 5.75 Å². The molecule has 3 nitrogen and oxygen atoms in total. The quantitative estimate of drug-likeness (QED) is 0.823. The number of carbonyl (C=O) groups excluding carboxylic acids is 1. The van der Waals surface area contributed by atoms with Crippen LogP contribution in [0.3, 0.4) is 0 Å². The zero-order valence-corrected chi connectivity index (χ0v) is 16.0. The highest BCUT2D eigenvalue weighted by molar-refractivity contribution is 5.81. The fourth-order valence-corrected chi connectivity index (χ4v) is 5.83. The van der Waals surface area contributed by atoms with Gasteiger partial charge >= 0.3 is 0 Å². The number of fused-ring (bicyclic) bond motifs is 1. The molecule has 1 heterocycles. The van der Waals surface area contributed by atoms with Gasteiger partial charge in [0.15, 0.2) is 0 Å². The summed E-state index contributed by atoms with van der Waals surface area (Å²) in [6, 6.07) is 17.5. The van der Waals surface area contributed by atoms with Gasteiger partial charge < -0.3 is 9.64 Å². The minimum absolute atomic E-state index is 0.0339. The summed E-state index contributed by atoms with van der Waals surface area (Å²) in [7, 11) is 2.26. The van der Waals surface area contributed by atoms with Crippen LogP contribution in [0.15, 0.2) is 48.5 Å². The van der Waals surface area contributed by atoms with E-state index < -0.39 is 0 Å². The van der Waals surface area contributed by atoms with Gasteiger partial charge in [-0.3, -0.25) is 4.79 Å². The van der Waals surface area contributed by atoms with E-state index in [1.54, 1.807) is 0 Å². The van der Waals surface area contributed by atoms with Crippen LogP contribution < -0.4 is 4.74 Å². The first-order valence-electron chi connectivity index (χ1n) is 10.2. The molecule has 1 aliphatic heterocycles. The fraction of sp³-hybridized carbons (Fsp3) is 0.458. The number of rotatable bonds is 3. The van der Waals surface area contributed by atoms with E-state index in [1.807, 2.05) is 18.2 Å². The first-order valence-corrected chi connectivity index (χ1v) is 10.2. The average Bonchev–Trinajstić information content (AvgIpc) is 2.70. The summed E-state index contributed by atoms with van der Waals surface area (Å²) in [5.41, 5.74) is 4.03. The van der Waals surface area contributed by atoms with Gasteiger partial charge in [-0.15, -0.1) is 0 Å². The predicted molar refractivity (Wildman–Crippen MR) is 106 cm³/mol. The number of hydrogen-bond donors (Lipinski definition) is 0. The summed E-state index contributed by atoms with van der Waals surface area (Å²) in [6.07, 6.45) is 4.72. The number of nitrogens with zero attached hydrogens (tertiary/aromatic N) is 1. The van der Waals surface area contributed by atoms with E-state index in [1.165, 1.54) is 16.7 Å². The van der Waals surface area contributed by atoms with E-state index in [0.29, 0.717) is 24.3 Å². The van der Waals surface area contributed by atoms with Crippen molar-refractivity contribution in [3.05, 3.63) is 65.2 Å². The summed E-state index contributed by atoms with van der Waals surface area (Å²) in [5.74, 6) is 1.98. The number of hydrogen-bond acceptors (Lipinski definition) is 3. The Bertz CT molecular complexity index is 862. The van der Waals surface area contributed by atoms with Crippen molar-refractivity contribution in [1.29, 1.82) is 0 Å². The molecular weight excluding hydrogens is 334 g/mol. The second-order valence-electron chi connectivity index (χ2n) is 8.61. The Balaban J connectivity index is 1.49. The molecule has 3 atom stereocenters. The molecule has 2 aliphatic carbocycles. The molecule has 5 rings (SSSR count). The molecule has 140 valence electrons. The first-order chi connectivity index (χ1) is 13.2. The minimum Gasteiger partial charge on any atom is -0.489 e. The molecule has 2 fully saturated rings. The molecule has 1 saturated heterocycles. The lowest BCUT2D eigenvalue weighted by atomic mass is 9.52. The number of piperidine rings is 1. The predicted octanol–water partition coefficient (Wildman–Crippen LogP) is 4.13. The maximum absolute atomic E-state index is 12.5. The Morgan fingerprint density at radius 1 is 1.19 bits per heavy atom. The standard InChI is InChI=1S/C24H27NO2/c1-25-12-11-24-15-19(26)8-10-21(24)23(25)13-18-7-9-20(14-22(18)24)27-16-17-5-3-2-4-6-17/h2-7,9,14,21,23H,8,10-13,15-16H2,1H3. The smallest absolute Gasteiger partial charge is 0.133 e. The van der Waals surface area contributed by atoms with E-state index in [-0.39, 0.29) is 5.41 Å². The van der Waals surface area contributed by atoms with Crippen LogP contribution in [0.2, 0.25) is 0 Å². The summed E-state index contributed by atoms with van der Waals surface area (Å²) in [6.45, 7) is 1.67. The zero-order valence-electron chi connectivity index (χ0n) is 16.0. The van der Waals surface area contributed by atoms with E-state index in [0.717, 1.165) is 44.4 Å². The molecule has 3 aliphatic rings. The van der Waals surface area contributed by atoms with Gasteiger partial charge in [-0.2, -0.15) is 0 Å². The molecular formula is C24H27NO2. The molecule has 0 radical (unpaired) electrons. The largest absolute Gasteiger partial charge is 0.489 e. The molecule has 27 heavy (non-hydrogen) atoms. The number of carbonyl (C=O) groups is 1. The third-order valence-corrected chi connectivity index (χ3v) is 7.19. The number of likely N-dealkylation sites (tertiary alicyclic amines) is 1. The van der Waals surface area contributed by atoms with Crippen LogP contribution in [0.25, 0.3) is 0 Å². The monoisotopic (exact) mass is 361 g/mol. The summed E-state index contributed by atoms with van der Waals surface area (Å²) in [4.78, 5) is 15.0. The van der Waals surface area contributed by atoms with Crippen LogP contribution >= 0.6 is 0 Å². The van der Waals surface area contributed by atoms with Crippen molar-refractivity contribution < 1.29 is 9.53 Å². The highest BCUT2D eigenvalue weighted by Crippen LogP contribution is 2.55. The molecule has 0 aromatic heterocycles. The molecule has 3 heteroatoms. The molecule has 2 aromatic rings. The zero-order chi connectivity index (χ0) is 18.4. The van der Waals surface area contributed by atoms with Crippen molar-refractivity contribution in [1.82, 2.24) is 4.90 Å². The second-order valence-corrected chi connectivity index (χ2v) is 8.61. The van der Waals surface area contributed by atoms with Gasteiger partial charge in [0.05, 0.1) is 0 Å². The van der Waals surface area contributed by atoms with E-state index >= 15 is 0 Å². The lowest BCUT2D eigenvalue weighted by Gasteiger charge is -2.58. The van der Waals surface area contributed by atoms with Crippen LogP contribution in [0.1, 0.15) is 42.4 Å². The number of ether oxygens (including phenoxy) is 1. The van der Waals surface area contributed by atoms with E-state index in [9.17, 15) is 4.79 Å². The molecule has 3 unspecified atom stereocenters. The SMILES string of the molecule is CN1CCC23CC(=O)CCC2C1Cc1ccc(OCc2ccccc2)cc13. The molecule has 0 amide bonds. The van der Waals surface area contributed by atoms with Gasteiger partial charge in [-0.1, -0.05) is 36.4 Å². The molecule has 0 N–H and O–H groups in total. The van der Waals surface area contributed by atoms with Gasteiger partial charge in [0.2, 0.25) is 0 Å². The Hall–Kier alpha value is -2.13.